The van der Waals surface area contributed by atoms with Crippen LogP contribution in [-0.2, 0) is 14.3 Å². The van der Waals surface area contributed by atoms with Crippen molar-refractivity contribution < 1.29 is 14.3 Å². The van der Waals surface area contributed by atoms with Crippen LogP contribution in [0.15, 0.2) is 0 Å². The maximum Gasteiger partial charge on any atom is 0.302 e. The number of hydrogen-bond acceptors (Lipinski definition) is 3. The van der Waals surface area contributed by atoms with Crippen molar-refractivity contribution in [2.24, 2.45) is 0 Å². The molecule has 0 aliphatic carbocycles. The first-order chi connectivity index (χ1) is 6.60. The van der Waals surface area contributed by atoms with Gasteiger partial charge in [0.2, 0.25) is 0 Å². The molecule has 0 bridgehead atoms. The maximum absolute atomic E-state index is 11.3. The number of carbonyl (C=O) groups excluding carboxylic acids is 2. The van der Waals surface area contributed by atoms with Gasteiger partial charge in [-0.05, 0) is 6.42 Å². The zero-order valence-electron chi connectivity index (χ0n) is 8.72. The van der Waals surface area contributed by atoms with Gasteiger partial charge in [0.1, 0.15) is 11.9 Å². The molecule has 0 fully saturated rings. The van der Waals surface area contributed by atoms with Crippen molar-refractivity contribution in [2.75, 3.05) is 5.88 Å². The van der Waals surface area contributed by atoms with E-state index in [4.69, 9.17) is 16.3 Å². The molecule has 14 heavy (non-hydrogen) atoms. The van der Waals surface area contributed by atoms with E-state index in [0.717, 1.165) is 12.8 Å². The quantitative estimate of drug-likeness (QED) is 0.489. The number of carbonyl (C=O) groups is 2. The molecule has 0 rings (SSSR count). The zero-order valence-corrected chi connectivity index (χ0v) is 9.47. The van der Waals surface area contributed by atoms with Crippen molar-refractivity contribution in [1.29, 1.82) is 0 Å². The normalized spacial score (nSPS) is 12.2. The van der Waals surface area contributed by atoms with Gasteiger partial charge in [0.25, 0.3) is 0 Å². The van der Waals surface area contributed by atoms with Crippen LogP contribution in [0.4, 0.5) is 0 Å². The summed E-state index contributed by atoms with van der Waals surface area (Å²) in [4.78, 5) is 21.9. The highest BCUT2D eigenvalue weighted by atomic mass is 35.5. The summed E-state index contributed by atoms with van der Waals surface area (Å²) in [5.74, 6) is -0.102. The second-order valence-electron chi connectivity index (χ2n) is 3.23. The highest BCUT2D eigenvalue weighted by Crippen LogP contribution is 2.07. The molecule has 0 spiro atoms. The molecule has 0 amide bonds. The first-order valence-electron chi connectivity index (χ1n) is 4.85. The molecule has 1 atom stereocenters. The number of Topliss-reactive ketones (excluding diaryl/α,β-unsaturated/α-hetero) is 1. The second kappa shape index (κ2) is 7.80. The topological polar surface area (TPSA) is 43.4 Å². The van der Waals surface area contributed by atoms with E-state index >= 15 is 0 Å². The number of alkyl halides is 1. The third kappa shape index (κ3) is 6.89. The molecule has 82 valence electrons. The van der Waals surface area contributed by atoms with Gasteiger partial charge in [-0.15, -0.1) is 11.6 Å². The number of ether oxygens (including phenoxy) is 1. The molecule has 4 heteroatoms. The Balaban J connectivity index is 3.80. The molecule has 0 aliphatic rings. The number of hydrogen-bond donors (Lipinski definition) is 0. The van der Waals surface area contributed by atoms with Crippen molar-refractivity contribution >= 4 is 23.4 Å². The molecule has 1 unspecified atom stereocenters. The monoisotopic (exact) mass is 220 g/mol. The average molecular weight is 221 g/mol. The zero-order chi connectivity index (χ0) is 11.0. The molecule has 0 heterocycles. The van der Waals surface area contributed by atoms with Crippen LogP contribution in [0.5, 0.6) is 0 Å². The van der Waals surface area contributed by atoms with Gasteiger partial charge in [-0.1, -0.05) is 13.3 Å². The fourth-order valence-corrected chi connectivity index (χ4v) is 1.26. The SMILES string of the molecule is CCCCC(=O)CC(CCl)OC(C)=O. The maximum atomic E-state index is 11.3. The van der Waals surface area contributed by atoms with Gasteiger partial charge >= 0.3 is 5.97 Å². The molecule has 0 aromatic carbocycles. The Kier molecular flexibility index (Phi) is 7.48. The Morgan fingerprint density at radius 2 is 2.07 bits per heavy atom. The fourth-order valence-electron chi connectivity index (χ4n) is 1.09. The summed E-state index contributed by atoms with van der Waals surface area (Å²) in [5.41, 5.74) is 0. The number of ketones is 1. The molecule has 0 N–H and O–H groups in total. The van der Waals surface area contributed by atoms with Crippen molar-refractivity contribution in [1.82, 2.24) is 0 Å². The van der Waals surface area contributed by atoms with E-state index in [1.54, 1.807) is 0 Å². The van der Waals surface area contributed by atoms with Crippen LogP contribution in [0, 0.1) is 0 Å². The van der Waals surface area contributed by atoms with Crippen LogP contribution >= 0.6 is 11.6 Å². The minimum atomic E-state index is -0.460. The number of rotatable bonds is 7. The summed E-state index contributed by atoms with van der Waals surface area (Å²) in [6, 6.07) is 0. The smallest absolute Gasteiger partial charge is 0.302 e. The van der Waals surface area contributed by atoms with Crippen LogP contribution in [0.2, 0.25) is 0 Å². The van der Waals surface area contributed by atoms with Crippen molar-refractivity contribution in [2.45, 2.75) is 45.6 Å². The summed E-state index contributed by atoms with van der Waals surface area (Å²) < 4.78 is 4.86. The lowest BCUT2D eigenvalue weighted by Gasteiger charge is -2.12. The lowest BCUT2D eigenvalue weighted by molar-refractivity contribution is -0.146. The molecule has 0 saturated carbocycles. The molecule has 0 aromatic heterocycles. The number of esters is 1. The Morgan fingerprint density at radius 3 is 2.50 bits per heavy atom. The lowest BCUT2D eigenvalue weighted by atomic mass is 10.1. The van der Waals surface area contributed by atoms with Crippen LogP contribution in [0.25, 0.3) is 0 Å². The predicted molar refractivity (Wildman–Crippen MR) is 55.4 cm³/mol. The van der Waals surface area contributed by atoms with Gasteiger partial charge in [0.05, 0.1) is 5.88 Å². The van der Waals surface area contributed by atoms with Crippen molar-refractivity contribution in [3.63, 3.8) is 0 Å². The van der Waals surface area contributed by atoms with Crippen LogP contribution in [-0.4, -0.2) is 23.7 Å². The van der Waals surface area contributed by atoms with E-state index in [-0.39, 0.29) is 24.1 Å². The average Bonchev–Trinajstić information content (AvgIpc) is 2.12. The second-order valence-corrected chi connectivity index (χ2v) is 3.54. The minimum absolute atomic E-state index is 0.110. The van der Waals surface area contributed by atoms with Gasteiger partial charge in [-0.3, -0.25) is 9.59 Å². The molecular weight excluding hydrogens is 204 g/mol. The third-order valence-corrected chi connectivity index (χ3v) is 2.11. The van der Waals surface area contributed by atoms with E-state index in [1.165, 1.54) is 6.92 Å². The van der Waals surface area contributed by atoms with Gasteiger partial charge in [0.15, 0.2) is 0 Å². The number of unbranched alkanes of at least 4 members (excludes halogenated alkanes) is 1. The first-order valence-corrected chi connectivity index (χ1v) is 5.38. The first kappa shape index (κ1) is 13.4. The molecule has 0 aliphatic heterocycles. The number of halogens is 1. The summed E-state index contributed by atoms with van der Waals surface area (Å²) in [7, 11) is 0. The fraction of sp³-hybridized carbons (Fsp3) is 0.800. The Morgan fingerprint density at radius 1 is 1.43 bits per heavy atom. The Bertz CT molecular complexity index is 192. The lowest BCUT2D eigenvalue weighted by Crippen LogP contribution is -2.21. The van der Waals surface area contributed by atoms with E-state index in [2.05, 4.69) is 0 Å². The van der Waals surface area contributed by atoms with E-state index in [9.17, 15) is 9.59 Å². The van der Waals surface area contributed by atoms with Gasteiger partial charge in [-0.2, -0.15) is 0 Å². The summed E-state index contributed by atoms with van der Waals surface area (Å²) in [5, 5.41) is 0. The van der Waals surface area contributed by atoms with E-state index in [0.29, 0.717) is 6.42 Å². The van der Waals surface area contributed by atoms with Gasteiger partial charge in [0, 0.05) is 19.8 Å². The molecule has 0 aromatic rings. The summed E-state index contributed by atoms with van der Waals surface area (Å²) >= 11 is 5.56. The van der Waals surface area contributed by atoms with Gasteiger partial charge in [-0.25, -0.2) is 0 Å². The highest BCUT2D eigenvalue weighted by Gasteiger charge is 2.14. The van der Waals surface area contributed by atoms with Crippen molar-refractivity contribution in [3.8, 4) is 0 Å². The minimum Gasteiger partial charge on any atom is -0.461 e. The highest BCUT2D eigenvalue weighted by molar-refractivity contribution is 6.18. The molecule has 3 nitrogen and oxygen atoms in total. The van der Waals surface area contributed by atoms with Crippen LogP contribution in [0.3, 0.4) is 0 Å². The summed E-state index contributed by atoms with van der Waals surface area (Å²) in [6.45, 7) is 3.34. The standard InChI is InChI=1S/C10H17ClO3/c1-3-4-5-9(13)6-10(7-11)14-8(2)12/h10H,3-7H2,1-2H3. The van der Waals surface area contributed by atoms with Crippen molar-refractivity contribution in [3.05, 3.63) is 0 Å². The molecule has 0 saturated heterocycles. The summed E-state index contributed by atoms with van der Waals surface area (Å²) in [6.07, 6.45) is 2.20. The van der Waals surface area contributed by atoms with E-state index in [1.807, 2.05) is 6.92 Å². The Hall–Kier alpha value is -0.570. The Labute approximate surface area is 89.8 Å². The van der Waals surface area contributed by atoms with E-state index < -0.39 is 6.10 Å². The van der Waals surface area contributed by atoms with Crippen LogP contribution in [0.1, 0.15) is 39.5 Å². The molecule has 0 radical (unpaired) electrons. The molecular formula is C10H17ClO3. The van der Waals surface area contributed by atoms with Crippen LogP contribution < -0.4 is 0 Å². The largest absolute Gasteiger partial charge is 0.461 e. The third-order valence-electron chi connectivity index (χ3n) is 1.77. The predicted octanol–water partition coefficient (Wildman–Crippen LogP) is 2.31. The van der Waals surface area contributed by atoms with Gasteiger partial charge < -0.3 is 4.74 Å².